The van der Waals surface area contributed by atoms with Gasteiger partial charge in [0.05, 0.1) is 6.04 Å². The molecule has 1 saturated heterocycles. The highest BCUT2D eigenvalue weighted by molar-refractivity contribution is 9.11. The molecule has 0 unspecified atom stereocenters. The van der Waals surface area contributed by atoms with E-state index in [9.17, 15) is 9.59 Å². The van der Waals surface area contributed by atoms with Crippen LogP contribution in [0.25, 0.3) is 5.57 Å². The summed E-state index contributed by atoms with van der Waals surface area (Å²) in [6.07, 6.45) is 5.00. The zero-order chi connectivity index (χ0) is 19.2. The number of ketones is 1. The molecule has 0 N–H and O–H groups in total. The summed E-state index contributed by atoms with van der Waals surface area (Å²) >= 11 is 3.53. The van der Waals surface area contributed by atoms with Crippen molar-refractivity contribution in [1.29, 1.82) is 0 Å². The Hall–Kier alpha value is -2.46. The zero-order valence-electron chi connectivity index (χ0n) is 15.3. The summed E-state index contributed by atoms with van der Waals surface area (Å²) in [5.41, 5.74) is 2.63. The van der Waals surface area contributed by atoms with Crippen LogP contribution in [0.2, 0.25) is 0 Å². The van der Waals surface area contributed by atoms with Crippen LogP contribution in [0, 0.1) is 0 Å². The number of likely N-dealkylation sites (tertiary alicyclic amines) is 1. The molecule has 27 heavy (non-hydrogen) atoms. The normalized spacial score (nSPS) is 17.9. The van der Waals surface area contributed by atoms with E-state index in [4.69, 9.17) is 0 Å². The molecule has 0 spiro atoms. The fourth-order valence-corrected chi connectivity index (χ4v) is 3.72. The second-order valence-corrected chi connectivity index (χ2v) is 7.76. The second kappa shape index (κ2) is 8.96. The maximum atomic E-state index is 12.8. The lowest BCUT2D eigenvalue weighted by Gasteiger charge is -2.22. The molecule has 2 aromatic carbocycles. The molecule has 3 nitrogen and oxygen atoms in total. The predicted octanol–water partition coefficient (Wildman–Crippen LogP) is 5.24. The highest BCUT2D eigenvalue weighted by Crippen LogP contribution is 2.25. The van der Waals surface area contributed by atoms with Crippen molar-refractivity contribution in [2.75, 3.05) is 6.54 Å². The number of nitrogens with zero attached hydrogens (tertiary/aromatic N) is 1. The van der Waals surface area contributed by atoms with Gasteiger partial charge in [-0.15, -0.1) is 0 Å². The Morgan fingerprint density at radius 2 is 1.56 bits per heavy atom. The van der Waals surface area contributed by atoms with E-state index in [0.717, 1.165) is 22.0 Å². The molecule has 1 aliphatic heterocycles. The summed E-state index contributed by atoms with van der Waals surface area (Å²) in [6.45, 7) is 2.58. The summed E-state index contributed by atoms with van der Waals surface area (Å²) in [5, 5.41) is 0. The number of amides is 1. The van der Waals surface area contributed by atoms with E-state index in [0.29, 0.717) is 18.5 Å². The van der Waals surface area contributed by atoms with E-state index in [2.05, 4.69) is 15.9 Å². The van der Waals surface area contributed by atoms with E-state index < -0.39 is 0 Å². The number of benzene rings is 2. The number of rotatable bonds is 5. The van der Waals surface area contributed by atoms with Crippen LogP contribution in [0.4, 0.5) is 0 Å². The topological polar surface area (TPSA) is 37.4 Å². The number of carbonyl (C=O) groups excluding carboxylic acids is 2. The molecule has 2 aromatic rings. The van der Waals surface area contributed by atoms with E-state index in [-0.39, 0.29) is 17.7 Å². The van der Waals surface area contributed by atoms with Gasteiger partial charge in [-0.05, 0) is 59.7 Å². The molecule has 0 bridgehead atoms. The molecule has 1 atom stereocenters. The van der Waals surface area contributed by atoms with Gasteiger partial charge in [0, 0.05) is 12.1 Å². The maximum Gasteiger partial charge on any atom is 0.254 e. The van der Waals surface area contributed by atoms with Gasteiger partial charge in [0.15, 0.2) is 5.78 Å². The number of hydrogen-bond donors (Lipinski definition) is 0. The first-order valence-electron chi connectivity index (χ1n) is 9.07. The first kappa shape index (κ1) is 19.3. The summed E-state index contributed by atoms with van der Waals surface area (Å²) in [5.74, 6) is -0.102. The Bertz CT molecular complexity index is 868. The highest BCUT2D eigenvalue weighted by atomic mass is 79.9. The maximum absolute atomic E-state index is 12.8. The van der Waals surface area contributed by atoms with Crippen molar-refractivity contribution in [3.05, 3.63) is 88.4 Å². The highest BCUT2D eigenvalue weighted by Gasteiger charge is 2.33. The lowest BCUT2D eigenvalue weighted by molar-refractivity contribution is -0.118. The fourth-order valence-electron chi connectivity index (χ4n) is 3.36. The lowest BCUT2D eigenvalue weighted by atomic mass is 10.0. The minimum atomic E-state index is -0.387. The molecule has 0 aliphatic carbocycles. The van der Waals surface area contributed by atoms with Crippen molar-refractivity contribution in [3.63, 3.8) is 0 Å². The molecular formula is C23H22BrNO2. The monoisotopic (exact) mass is 423 g/mol. The Morgan fingerprint density at radius 1 is 0.963 bits per heavy atom. The van der Waals surface area contributed by atoms with Crippen LogP contribution in [0.5, 0.6) is 0 Å². The quantitative estimate of drug-likeness (QED) is 0.486. The Balaban J connectivity index is 1.77. The van der Waals surface area contributed by atoms with Crippen LogP contribution in [0.1, 0.15) is 35.7 Å². The van der Waals surface area contributed by atoms with Crippen molar-refractivity contribution >= 4 is 33.2 Å². The van der Waals surface area contributed by atoms with Crippen LogP contribution >= 0.6 is 15.9 Å². The van der Waals surface area contributed by atoms with Crippen LogP contribution in [0.3, 0.4) is 0 Å². The average Bonchev–Trinajstić information content (AvgIpc) is 3.18. The molecular weight excluding hydrogens is 402 g/mol. The number of halogens is 1. The summed E-state index contributed by atoms with van der Waals surface area (Å²) in [7, 11) is 0. The smallest absolute Gasteiger partial charge is 0.254 e. The van der Waals surface area contributed by atoms with E-state index in [1.807, 2.05) is 61.5 Å². The zero-order valence-corrected chi connectivity index (χ0v) is 16.9. The third kappa shape index (κ3) is 4.64. The van der Waals surface area contributed by atoms with Gasteiger partial charge in [-0.25, -0.2) is 0 Å². The first-order chi connectivity index (χ1) is 13.1. The first-order valence-corrected chi connectivity index (χ1v) is 9.87. The third-order valence-electron chi connectivity index (χ3n) is 4.73. The lowest BCUT2D eigenvalue weighted by Crippen LogP contribution is -2.39. The van der Waals surface area contributed by atoms with Gasteiger partial charge in [-0.2, -0.15) is 0 Å². The largest absolute Gasteiger partial charge is 0.328 e. The Morgan fingerprint density at radius 3 is 2.15 bits per heavy atom. The Labute approximate surface area is 168 Å². The van der Waals surface area contributed by atoms with E-state index >= 15 is 0 Å². The van der Waals surface area contributed by atoms with Crippen LogP contribution in [-0.4, -0.2) is 29.2 Å². The summed E-state index contributed by atoms with van der Waals surface area (Å²) in [6, 6.07) is 18.7. The molecule has 0 radical (unpaired) electrons. The van der Waals surface area contributed by atoms with Crippen LogP contribution < -0.4 is 0 Å². The molecule has 0 saturated carbocycles. The number of carbonyl (C=O) groups is 2. The van der Waals surface area contributed by atoms with Crippen molar-refractivity contribution in [2.24, 2.45) is 0 Å². The van der Waals surface area contributed by atoms with Gasteiger partial charge < -0.3 is 4.90 Å². The van der Waals surface area contributed by atoms with Gasteiger partial charge in [0.2, 0.25) is 0 Å². The molecule has 1 fully saturated rings. The van der Waals surface area contributed by atoms with Gasteiger partial charge in [-0.3, -0.25) is 9.59 Å². The van der Waals surface area contributed by atoms with Gasteiger partial charge in [-0.1, -0.05) is 64.5 Å². The SMILES string of the molecule is CC(Br)=C(C=CC(=O)[C@@H]1CCCN1C(=O)c1ccccc1)c1ccccc1. The minimum Gasteiger partial charge on any atom is -0.328 e. The minimum absolute atomic E-state index is 0.0287. The molecule has 4 heteroatoms. The number of allylic oxidation sites excluding steroid dienone is 3. The van der Waals surface area contributed by atoms with E-state index in [1.54, 1.807) is 23.1 Å². The number of hydrogen-bond acceptors (Lipinski definition) is 2. The molecule has 1 amide bonds. The van der Waals surface area contributed by atoms with Crippen LogP contribution in [0.15, 0.2) is 77.3 Å². The van der Waals surface area contributed by atoms with Crippen LogP contribution in [-0.2, 0) is 4.79 Å². The fraction of sp³-hybridized carbons (Fsp3) is 0.217. The van der Waals surface area contributed by atoms with Crippen molar-refractivity contribution in [3.8, 4) is 0 Å². The third-order valence-corrected chi connectivity index (χ3v) is 5.16. The summed E-state index contributed by atoms with van der Waals surface area (Å²) < 4.78 is 0.960. The van der Waals surface area contributed by atoms with Gasteiger partial charge in [0.1, 0.15) is 0 Å². The second-order valence-electron chi connectivity index (χ2n) is 6.57. The average molecular weight is 424 g/mol. The molecule has 1 heterocycles. The molecule has 0 aromatic heterocycles. The van der Waals surface area contributed by atoms with Gasteiger partial charge in [0.25, 0.3) is 5.91 Å². The van der Waals surface area contributed by atoms with Crippen molar-refractivity contribution < 1.29 is 9.59 Å². The standard InChI is InChI=1S/C23H22BrNO2/c1-17(24)20(18-9-4-2-5-10-18)14-15-22(26)21-13-8-16-25(21)23(27)19-11-6-3-7-12-19/h2-7,9-12,14-15,21H,8,13,16H2,1H3/t21-/m0/s1. The van der Waals surface area contributed by atoms with Crippen molar-refractivity contribution in [2.45, 2.75) is 25.8 Å². The predicted molar refractivity (Wildman–Crippen MR) is 113 cm³/mol. The molecule has 1 aliphatic rings. The van der Waals surface area contributed by atoms with Gasteiger partial charge >= 0.3 is 0 Å². The van der Waals surface area contributed by atoms with E-state index in [1.165, 1.54) is 0 Å². The molecule has 3 rings (SSSR count). The Kier molecular flexibility index (Phi) is 6.40. The molecule has 138 valence electrons. The summed E-state index contributed by atoms with van der Waals surface area (Å²) in [4.78, 5) is 27.3. The van der Waals surface area contributed by atoms with Crippen molar-refractivity contribution in [1.82, 2.24) is 4.90 Å².